The molecule has 1 atom stereocenters. The van der Waals surface area contributed by atoms with Crippen molar-refractivity contribution in [3.8, 4) is 0 Å². The van der Waals surface area contributed by atoms with E-state index in [4.69, 9.17) is 0 Å². The van der Waals surface area contributed by atoms with E-state index >= 15 is 0 Å². The highest BCUT2D eigenvalue weighted by Gasteiger charge is 2.21. The van der Waals surface area contributed by atoms with E-state index in [0.717, 1.165) is 11.6 Å². The Hall–Kier alpha value is -0.980. The molecule has 0 aromatic rings. The second-order valence-corrected chi connectivity index (χ2v) is 3.32. The maximum atomic E-state index is 11.8. The molecule has 0 saturated carbocycles. The molecular weight excluding hydrogens is 189 g/mol. The van der Waals surface area contributed by atoms with Gasteiger partial charge in [-0.1, -0.05) is 3.89 Å². The third-order valence-corrected chi connectivity index (χ3v) is 1.67. The van der Waals surface area contributed by atoms with E-state index in [1.54, 1.807) is 0 Å². The summed E-state index contributed by atoms with van der Waals surface area (Å²) in [4.78, 5) is 21.1. The number of nitrogens with one attached hydrogen (secondary N) is 1. The first-order chi connectivity index (χ1) is 5.24. The largest absolute Gasteiger partial charge is 0.399 e. The molecule has 7 heteroatoms. The first-order valence-corrected chi connectivity index (χ1v) is 4.39. The zero-order valence-corrected chi connectivity index (χ0v) is 7.31. The lowest BCUT2D eigenvalue weighted by atomic mass is 10.1. The van der Waals surface area contributed by atoms with Crippen LogP contribution >= 0.6 is 0 Å². The van der Waals surface area contributed by atoms with E-state index in [-0.39, 0.29) is 0 Å². The van der Waals surface area contributed by atoms with E-state index in [2.05, 4.69) is 0 Å². The highest BCUT2D eigenvalue weighted by molar-refractivity contribution is 7.84. The quantitative estimate of drug-likeness (QED) is 0.490. The Labute approximate surface area is 69.3 Å². The number of carbonyl (C=O) groups is 2. The molecule has 0 radical (unpaired) electrons. The van der Waals surface area contributed by atoms with Crippen LogP contribution in [0, 0.1) is 5.92 Å². The summed E-state index contributed by atoms with van der Waals surface area (Å²) < 4.78 is 32.6. The minimum Gasteiger partial charge on any atom is -0.299 e. The molecular formula is C5H8FNO4S. The van der Waals surface area contributed by atoms with Crippen molar-refractivity contribution in [3.63, 3.8) is 0 Å². The van der Waals surface area contributed by atoms with Gasteiger partial charge in [-0.05, 0) is 13.8 Å². The van der Waals surface area contributed by atoms with Gasteiger partial charge in [0.05, 0.1) is 5.92 Å². The molecule has 0 aliphatic rings. The van der Waals surface area contributed by atoms with Crippen LogP contribution in [-0.2, 0) is 20.0 Å². The summed E-state index contributed by atoms with van der Waals surface area (Å²) in [6.07, 6.45) is 0. The van der Waals surface area contributed by atoms with Crippen LogP contribution in [0.2, 0.25) is 0 Å². The topological polar surface area (TPSA) is 80.3 Å². The number of Topliss-reactive ketones (excluding diaryl/α,β-unsaturated/α-hetero) is 1. The van der Waals surface area contributed by atoms with Crippen LogP contribution in [0.25, 0.3) is 0 Å². The van der Waals surface area contributed by atoms with Gasteiger partial charge in [-0.2, -0.15) is 8.42 Å². The van der Waals surface area contributed by atoms with Crippen molar-refractivity contribution in [2.45, 2.75) is 13.8 Å². The molecule has 0 aliphatic carbocycles. The smallest absolute Gasteiger partial charge is 0.299 e. The van der Waals surface area contributed by atoms with Gasteiger partial charge >= 0.3 is 10.4 Å². The molecule has 1 N–H and O–H groups in total. The number of carbonyl (C=O) groups excluding carboxylic acids is 2. The van der Waals surface area contributed by atoms with Crippen LogP contribution < -0.4 is 4.72 Å². The first-order valence-electron chi connectivity index (χ1n) is 3.00. The van der Waals surface area contributed by atoms with Gasteiger partial charge in [0, 0.05) is 0 Å². The Kier molecular flexibility index (Phi) is 3.32. The maximum absolute atomic E-state index is 11.8. The van der Waals surface area contributed by atoms with E-state index in [1.165, 1.54) is 6.92 Å². The van der Waals surface area contributed by atoms with Gasteiger partial charge in [-0.3, -0.25) is 9.59 Å². The lowest BCUT2D eigenvalue weighted by Crippen LogP contribution is -2.34. The summed E-state index contributed by atoms with van der Waals surface area (Å²) in [5.74, 6) is -2.85. The van der Waals surface area contributed by atoms with Crippen molar-refractivity contribution in [1.29, 1.82) is 0 Å². The van der Waals surface area contributed by atoms with E-state index in [1.807, 2.05) is 0 Å². The minimum absolute atomic E-state index is 0.531. The summed E-state index contributed by atoms with van der Waals surface area (Å²) in [5.41, 5.74) is 0. The molecule has 5 nitrogen and oxygen atoms in total. The van der Waals surface area contributed by atoms with Crippen LogP contribution in [-0.4, -0.2) is 20.1 Å². The number of hydrogen-bond acceptors (Lipinski definition) is 4. The normalized spacial score (nSPS) is 13.6. The molecule has 0 aromatic heterocycles. The van der Waals surface area contributed by atoms with Gasteiger partial charge in [0.15, 0.2) is 0 Å². The summed E-state index contributed by atoms with van der Waals surface area (Å²) in [5, 5.41) is 0. The Bertz CT molecular complexity index is 297. The van der Waals surface area contributed by atoms with Gasteiger partial charge in [-0.15, -0.1) is 0 Å². The van der Waals surface area contributed by atoms with Crippen LogP contribution in [0.1, 0.15) is 13.8 Å². The Balaban J connectivity index is 4.35. The molecule has 1 amide bonds. The van der Waals surface area contributed by atoms with Crippen molar-refractivity contribution < 1.29 is 21.9 Å². The van der Waals surface area contributed by atoms with Gasteiger partial charge in [-0.25, -0.2) is 4.72 Å². The summed E-state index contributed by atoms with van der Waals surface area (Å²) >= 11 is 0. The van der Waals surface area contributed by atoms with Crippen LogP contribution in [0.3, 0.4) is 0 Å². The fraction of sp³-hybridized carbons (Fsp3) is 0.600. The Morgan fingerprint density at radius 2 is 1.83 bits per heavy atom. The van der Waals surface area contributed by atoms with Crippen molar-refractivity contribution in [2.24, 2.45) is 5.92 Å². The van der Waals surface area contributed by atoms with Crippen molar-refractivity contribution in [1.82, 2.24) is 4.72 Å². The highest BCUT2D eigenvalue weighted by atomic mass is 32.3. The lowest BCUT2D eigenvalue weighted by Gasteiger charge is -2.04. The number of rotatable bonds is 3. The average molecular weight is 197 g/mol. The monoisotopic (exact) mass is 197 g/mol. The molecule has 0 aromatic carbocycles. The second kappa shape index (κ2) is 3.61. The first kappa shape index (κ1) is 11.0. The average Bonchev–Trinajstić information content (AvgIpc) is 1.82. The fourth-order valence-electron chi connectivity index (χ4n) is 0.393. The van der Waals surface area contributed by atoms with Crippen LogP contribution in [0.4, 0.5) is 3.89 Å². The zero-order valence-electron chi connectivity index (χ0n) is 6.50. The van der Waals surface area contributed by atoms with E-state index < -0.39 is 28.0 Å². The molecule has 0 heterocycles. The molecule has 0 fully saturated rings. The molecule has 0 saturated heterocycles. The van der Waals surface area contributed by atoms with Gasteiger partial charge in [0.25, 0.3) is 0 Å². The summed E-state index contributed by atoms with van der Waals surface area (Å²) in [7, 11) is -5.05. The molecule has 0 aliphatic heterocycles. The summed E-state index contributed by atoms with van der Waals surface area (Å²) in [6.45, 7) is 2.29. The second-order valence-electron chi connectivity index (χ2n) is 2.24. The Morgan fingerprint density at radius 3 is 2.08 bits per heavy atom. The van der Waals surface area contributed by atoms with E-state index in [0.29, 0.717) is 0 Å². The number of halogens is 1. The fourth-order valence-corrected chi connectivity index (χ4v) is 0.810. The number of amides is 1. The van der Waals surface area contributed by atoms with Crippen molar-refractivity contribution in [3.05, 3.63) is 0 Å². The molecule has 12 heavy (non-hydrogen) atoms. The standard InChI is InChI=1S/C5H8FNO4S/c1-3(4(2)8)5(9)7-12(6,10)11/h3H,1-2H3,(H,7,9). The third kappa shape index (κ3) is 4.02. The zero-order chi connectivity index (χ0) is 9.94. The Morgan fingerprint density at radius 1 is 1.42 bits per heavy atom. The highest BCUT2D eigenvalue weighted by Crippen LogP contribution is 1.97. The van der Waals surface area contributed by atoms with Crippen molar-refractivity contribution >= 4 is 22.1 Å². The molecule has 0 spiro atoms. The lowest BCUT2D eigenvalue weighted by molar-refractivity contribution is -0.131. The minimum atomic E-state index is -5.05. The van der Waals surface area contributed by atoms with Crippen LogP contribution in [0.5, 0.6) is 0 Å². The van der Waals surface area contributed by atoms with Crippen molar-refractivity contribution in [2.75, 3.05) is 0 Å². The molecule has 70 valence electrons. The van der Waals surface area contributed by atoms with E-state index in [9.17, 15) is 21.9 Å². The predicted octanol–water partition coefficient (Wildman–Crippen LogP) is -0.458. The molecule has 1 unspecified atom stereocenters. The number of ketones is 1. The predicted molar refractivity (Wildman–Crippen MR) is 38.0 cm³/mol. The van der Waals surface area contributed by atoms with Gasteiger partial charge in [0.1, 0.15) is 5.78 Å². The molecule has 0 bridgehead atoms. The SMILES string of the molecule is CC(=O)C(C)C(=O)NS(=O)(=O)F. The van der Waals surface area contributed by atoms with Gasteiger partial charge in [0.2, 0.25) is 5.91 Å². The van der Waals surface area contributed by atoms with Crippen LogP contribution in [0.15, 0.2) is 0 Å². The number of hydrogen-bond donors (Lipinski definition) is 1. The third-order valence-electron chi connectivity index (χ3n) is 1.23. The molecule has 0 rings (SSSR count). The van der Waals surface area contributed by atoms with Gasteiger partial charge < -0.3 is 0 Å². The summed E-state index contributed by atoms with van der Waals surface area (Å²) in [6, 6.07) is 0. The maximum Gasteiger partial charge on any atom is 0.399 e.